The highest BCUT2D eigenvalue weighted by Gasteiger charge is 2.15. The van der Waals surface area contributed by atoms with E-state index >= 15 is 0 Å². The van der Waals surface area contributed by atoms with Crippen molar-refractivity contribution in [3.05, 3.63) is 89.7 Å². The van der Waals surface area contributed by atoms with E-state index in [1.807, 2.05) is 19.1 Å². The Morgan fingerprint density at radius 2 is 1.54 bits per heavy atom. The van der Waals surface area contributed by atoms with E-state index in [9.17, 15) is 15.3 Å². The van der Waals surface area contributed by atoms with E-state index in [1.165, 1.54) is 22.3 Å². The molecule has 0 saturated carbocycles. The number of rotatable bonds is 15. The summed E-state index contributed by atoms with van der Waals surface area (Å²) in [5.41, 5.74) is 6.04. The van der Waals surface area contributed by atoms with Crippen LogP contribution in [-0.4, -0.2) is 41.6 Å². The van der Waals surface area contributed by atoms with Crippen LogP contribution in [0.1, 0.15) is 64.0 Å². The van der Waals surface area contributed by atoms with Crippen LogP contribution in [0.25, 0.3) is 11.1 Å². The van der Waals surface area contributed by atoms with E-state index < -0.39 is 0 Å². The molecule has 0 heterocycles. The molecule has 0 saturated heterocycles. The Bertz CT molecular complexity index is 945. The van der Waals surface area contributed by atoms with E-state index in [0.717, 1.165) is 44.5 Å². The Morgan fingerprint density at radius 1 is 0.886 bits per heavy atom. The van der Waals surface area contributed by atoms with Crippen LogP contribution < -0.4 is 4.90 Å². The Balaban J connectivity index is 2.49. The minimum Gasteiger partial charge on any atom is -0.508 e. The van der Waals surface area contributed by atoms with Gasteiger partial charge in [-0.2, -0.15) is 0 Å². The molecule has 0 radical (unpaired) electrons. The second-order valence-corrected chi connectivity index (χ2v) is 8.93. The largest absolute Gasteiger partial charge is 0.508 e. The molecule has 3 N–H and O–H groups in total. The topological polar surface area (TPSA) is 63.9 Å². The SMILES string of the molecule is CC/C=C(O)\C=C/C(C)C/C(=C(\CCCO)c1ccccc1)c1ccc(N(CC)CCCO)cc1. The van der Waals surface area contributed by atoms with Gasteiger partial charge < -0.3 is 20.2 Å². The summed E-state index contributed by atoms with van der Waals surface area (Å²) in [6.45, 7) is 8.39. The van der Waals surface area contributed by atoms with Gasteiger partial charge in [0, 0.05) is 32.0 Å². The van der Waals surface area contributed by atoms with Gasteiger partial charge in [0.2, 0.25) is 0 Å². The molecule has 1 atom stereocenters. The molecule has 2 aromatic carbocycles. The Morgan fingerprint density at radius 3 is 2.14 bits per heavy atom. The Hall–Kier alpha value is -2.82. The smallest absolute Gasteiger partial charge is 0.111 e. The van der Waals surface area contributed by atoms with Gasteiger partial charge in [-0.25, -0.2) is 0 Å². The summed E-state index contributed by atoms with van der Waals surface area (Å²) >= 11 is 0. The fourth-order valence-corrected chi connectivity index (χ4v) is 4.31. The number of benzene rings is 2. The van der Waals surface area contributed by atoms with Crippen molar-refractivity contribution in [1.29, 1.82) is 0 Å². The van der Waals surface area contributed by atoms with Crippen molar-refractivity contribution < 1.29 is 15.3 Å². The highest BCUT2D eigenvalue weighted by atomic mass is 16.3. The summed E-state index contributed by atoms with van der Waals surface area (Å²) in [7, 11) is 0. The maximum atomic E-state index is 10.0. The molecule has 0 spiro atoms. The fraction of sp³-hybridized carbons (Fsp3) is 0.419. The molecule has 35 heavy (non-hydrogen) atoms. The first kappa shape index (κ1) is 28.4. The van der Waals surface area contributed by atoms with E-state index in [2.05, 4.69) is 73.4 Å². The molecular weight excluding hydrogens is 434 g/mol. The van der Waals surface area contributed by atoms with Gasteiger partial charge in [0.05, 0.1) is 0 Å². The summed E-state index contributed by atoms with van der Waals surface area (Å²) in [4.78, 5) is 2.28. The summed E-state index contributed by atoms with van der Waals surface area (Å²) in [6.07, 6.45) is 9.56. The van der Waals surface area contributed by atoms with Crippen LogP contribution in [0, 0.1) is 5.92 Å². The van der Waals surface area contributed by atoms with Gasteiger partial charge >= 0.3 is 0 Å². The summed E-state index contributed by atoms with van der Waals surface area (Å²) in [5.74, 6) is 0.530. The molecule has 0 aromatic heterocycles. The zero-order chi connectivity index (χ0) is 25.5. The molecule has 4 nitrogen and oxygen atoms in total. The zero-order valence-corrected chi connectivity index (χ0v) is 21.7. The minimum atomic E-state index is 0.157. The van der Waals surface area contributed by atoms with E-state index in [4.69, 9.17) is 0 Å². The normalized spacial score (nSPS) is 13.7. The lowest BCUT2D eigenvalue weighted by Crippen LogP contribution is -2.24. The molecule has 0 aliphatic rings. The molecule has 0 bridgehead atoms. The molecule has 190 valence electrons. The predicted molar refractivity (Wildman–Crippen MR) is 150 cm³/mol. The second-order valence-electron chi connectivity index (χ2n) is 8.93. The van der Waals surface area contributed by atoms with Crippen molar-refractivity contribution in [3.8, 4) is 0 Å². The molecule has 0 fully saturated rings. The zero-order valence-electron chi connectivity index (χ0n) is 21.7. The van der Waals surface area contributed by atoms with Crippen molar-refractivity contribution in [1.82, 2.24) is 0 Å². The molecule has 0 aliphatic heterocycles. The van der Waals surface area contributed by atoms with Crippen LogP contribution in [-0.2, 0) is 0 Å². The second kappa shape index (κ2) is 16.0. The first-order valence-corrected chi connectivity index (χ1v) is 13.0. The van der Waals surface area contributed by atoms with Crippen molar-refractivity contribution in [2.75, 3.05) is 31.2 Å². The Kier molecular flexibility index (Phi) is 13.0. The van der Waals surface area contributed by atoms with Crippen LogP contribution >= 0.6 is 0 Å². The van der Waals surface area contributed by atoms with Crippen molar-refractivity contribution in [2.24, 2.45) is 5.92 Å². The standard InChI is InChI=1S/C31H43NO3/c1-4-11-29(35)20-15-25(3)24-31(30(14-9-22-33)26-12-7-6-8-13-26)27-16-18-28(19-17-27)32(5-2)21-10-23-34/h6-8,11-13,15-20,25,33-35H,4-5,9-10,14,21-24H2,1-3H3/b20-15-,29-11+,31-30-. The monoisotopic (exact) mass is 477 g/mol. The third-order valence-electron chi connectivity index (χ3n) is 6.16. The van der Waals surface area contributed by atoms with Crippen LogP contribution in [0.3, 0.4) is 0 Å². The summed E-state index contributed by atoms with van der Waals surface area (Å²) < 4.78 is 0. The highest BCUT2D eigenvalue weighted by Crippen LogP contribution is 2.35. The van der Waals surface area contributed by atoms with Gasteiger partial charge in [-0.1, -0.05) is 62.4 Å². The average molecular weight is 478 g/mol. The molecule has 0 aliphatic carbocycles. The maximum absolute atomic E-state index is 10.0. The lowest BCUT2D eigenvalue weighted by Gasteiger charge is -2.24. The van der Waals surface area contributed by atoms with Crippen LogP contribution in [0.5, 0.6) is 0 Å². The lowest BCUT2D eigenvalue weighted by atomic mass is 9.86. The minimum absolute atomic E-state index is 0.157. The molecule has 1 unspecified atom stereocenters. The van der Waals surface area contributed by atoms with Crippen LogP contribution in [0.15, 0.2) is 78.6 Å². The molecule has 2 aromatic rings. The van der Waals surface area contributed by atoms with Gasteiger partial charge in [-0.15, -0.1) is 0 Å². The first-order valence-electron chi connectivity index (χ1n) is 13.0. The van der Waals surface area contributed by atoms with Gasteiger partial charge in [0.1, 0.15) is 5.76 Å². The number of allylic oxidation sites excluding steroid dienone is 5. The predicted octanol–water partition coefficient (Wildman–Crippen LogP) is 7.01. The van der Waals surface area contributed by atoms with E-state index in [0.29, 0.717) is 12.2 Å². The molecule has 0 amide bonds. The number of nitrogens with zero attached hydrogens (tertiary/aromatic N) is 1. The average Bonchev–Trinajstić information content (AvgIpc) is 2.88. The highest BCUT2D eigenvalue weighted by molar-refractivity contribution is 5.91. The number of aliphatic hydroxyl groups is 3. The number of hydrogen-bond donors (Lipinski definition) is 3. The number of hydrogen-bond acceptors (Lipinski definition) is 4. The first-order chi connectivity index (χ1) is 17.0. The third-order valence-corrected chi connectivity index (χ3v) is 6.16. The van der Waals surface area contributed by atoms with Crippen LogP contribution in [0.2, 0.25) is 0 Å². The summed E-state index contributed by atoms with van der Waals surface area (Å²) in [6, 6.07) is 19.2. The van der Waals surface area contributed by atoms with E-state index in [1.54, 1.807) is 6.08 Å². The number of aliphatic hydroxyl groups excluding tert-OH is 3. The number of anilines is 1. The van der Waals surface area contributed by atoms with Crippen molar-refractivity contribution >= 4 is 16.8 Å². The maximum Gasteiger partial charge on any atom is 0.111 e. The third kappa shape index (κ3) is 9.39. The van der Waals surface area contributed by atoms with Crippen LogP contribution in [0.4, 0.5) is 5.69 Å². The molecule has 4 heteroatoms. The molecule has 2 rings (SSSR count). The van der Waals surface area contributed by atoms with Gasteiger partial charge in [0.25, 0.3) is 0 Å². The lowest BCUT2D eigenvalue weighted by molar-refractivity contribution is 0.289. The van der Waals surface area contributed by atoms with Gasteiger partial charge in [-0.3, -0.25) is 0 Å². The quantitative estimate of drug-likeness (QED) is 0.147. The van der Waals surface area contributed by atoms with Gasteiger partial charge in [-0.05, 0) is 91.5 Å². The van der Waals surface area contributed by atoms with Crippen molar-refractivity contribution in [2.45, 2.75) is 52.9 Å². The Labute approximate surface area is 211 Å². The van der Waals surface area contributed by atoms with Crippen molar-refractivity contribution in [3.63, 3.8) is 0 Å². The molecular formula is C31H43NO3. The van der Waals surface area contributed by atoms with E-state index in [-0.39, 0.29) is 19.1 Å². The fourth-order valence-electron chi connectivity index (χ4n) is 4.31. The summed E-state index contributed by atoms with van der Waals surface area (Å²) in [5, 5.41) is 28.9. The van der Waals surface area contributed by atoms with Gasteiger partial charge in [0.15, 0.2) is 0 Å².